The maximum Gasteiger partial charge on any atom is 0.147 e. The molecule has 9 aromatic rings. The summed E-state index contributed by atoms with van der Waals surface area (Å²) < 4.78 is 2.45. The highest BCUT2D eigenvalue weighted by Crippen LogP contribution is 2.49. The second-order valence-electron chi connectivity index (χ2n) is 11.5. The molecule has 0 saturated carbocycles. The van der Waals surface area contributed by atoms with Crippen molar-refractivity contribution >= 4 is 38.2 Å². The molecule has 2 heterocycles. The second-order valence-corrected chi connectivity index (χ2v) is 11.5. The molecule has 7 aromatic carbocycles. The third-order valence-corrected chi connectivity index (χ3v) is 8.95. The Labute approximate surface area is 261 Å². The maximum absolute atomic E-state index is 5.64. The zero-order valence-corrected chi connectivity index (χ0v) is 24.6. The predicted octanol–water partition coefficient (Wildman–Crippen LogP) is 11.5. The number of rotatable bonds is 4. The summed E-state index contributed by atoms with van der Waals surface area (Å²) >= 11 is 0. The quantitative estimate of drug-likeness (QED) is 0.192. The molecule has 0 radical (unpaired) electrons. The van der Waals surface area contributed by atoms with Crippen molar-refractivity contribution in [3.8, 4) is 44.6 Å². The van der Waals surface area contributed by atoms with Crippen molar-refractivity contribution in [3.63, 3.8) is 0 Å². The SMILES string of the molecule is c1ccc(-c2c(-c3ccccc3)c(-c3ccccc3)n3c(nc4c5ccccc5c5ccccc5c43)c2-c2ccccc2)cc1. The van der Waals surface area contributed by atoms with Crippen LogP contribution in [-0.2, 0) is 0 Å². The van der Waals surface area contributed by atoms with Gasteiger partial charge in [0.2, 0.25) is 0 Å². The van der Waals surface area contributed by atoms with Crippen LogP contribution >= 0.6 is 0 Å². The Kier molecular flexibility index (Phi) is 5.85. The van der Waals surface area contributed by atoms with E-state index in [0.29, 0.717) is 0 Å². The minimum Gasteiger partial charge on any atom is -0.290 e. The minimum atomic E-state index is 0.954. The van der Waals surface area contributed by atoms with Crippen LogP contribution in [0, 0.1) is 0 Å². The van der Waals surface area contributed by atoms with Gasteiger partial charge < -0.3 is 0 Å². The summed E-state index contributed by atoms with van der Waals surface area (Å²) in [4.78, 5) is 5.64. The zero-order chi connectivity index (χ0) is 29.7. The molecule has 0 aliphatic rings. The maximum atomic E-state index is 5.64. The van der Waals surface area contributed by atoms with Gasteiger partial charge in [-0.3, -0.25) is 4.40 Å². The van der Waals surface area contributed by atoms with Gasteiger partial charge in [0.25, 0.3) is 0 Å². The topological polar surface area (TPSA) is 17.3 Å². The fraction of sp³-hybridized carbons (Fsp3) is 0. The highest BCUT2D eigenvalue weighted by molar-refractivity contribution is 6.25. The molecule has 2 aromatic heterocycles. The number of hydrogen-bond acceptors (Lipinski definition) is 1. The lowest BCUT2D eigenvalue weighted by Gasteiger charge is -2.23. The largest absolute Gasteiger partial charge is 0.290 e. The van der Waals surface area contributed by atoms with Gasteiger partial charge in [-0.2, -0.15) is 0 Å². The monoisotopic (exact) mass is 572 g/mol. The van der Waals surface area contributed by atoms with Gasteiger partial charge in [-0.25, -0.2) is 4.98 Å². The van der Waals surface area contributed by atoms with E-state index < -0.39 is 0 Å². The van der Waals surface area contributed by atoms with E-state index in [1.54, 1.807) is 0 Å². The lowest BCUT2D eigenvalue weighted by atomic mass is 9.85. The lowest BCUT2D eigenvalue weighted by molar-refractivity contribution is 1.24. The molecule has 2 nitrogen and oxygen atoms in total. The van der Waals surface area contributed by atoms with Crippen molar-refractivity contribution < 1.29 is 0 Å². The Hall–Kier alpha value is -5.99. The molecule has 0 fully saturated rings. The Morgan fingerprint density at radius 1 is 0.333 bits per heavy atom. The van der Waals surface area contributed by atoms with Gasteiger partial charge in [0.1, 0.15) is 5.65 Å². The molecule has 0 aliphatic heterocycles. The van der Waals surface area contributed by atoms with Crippen molar-refractivity contribution in [3.05, 3.63) is 170 Å². The van der Waals surface area contributed by atoms with E-state index in [2.05, 4.69) is 174 Å². The van der Waals surface area contributed by atoms with Crippen LogP contribution in [0.25, 0.3) is 82.9 Å². The number of imidazole rings is 1. The number of hydrogen-bond donors (Lipinski definition) is 0. The molecule has 0 saturated heterocycles. The van der Waals surface area contributed by atoms with Crippen LogP contribution in [0.5, 0.6) is 0 Å². The van der Waals surface area contributed by atoms with Gasteiger partial charge in [-0.05, 0) is 33.0 Å². The first kappa shape index (κ1) is 25.5. The number of aromatic nitrogens is 2. The molecule has 210 valence electrons. The summed E-state index contributed by atoms with van der Waals surface area (Å²) in [5, 5.41) is 4.81. The molecule has 0 N–H and O–H groups in total. The van der Waals surface area contributed by atoms with Crippen molar-refractivity contribution in [1.82, 2.24) is 9.38 Å². The van der Waals surface area contributed by atoms with E-state index in [9.17, 15) is 0 Å². The smallest absolute Gasteiger partial charge is 0.147 e. The first-order valence-electron chi connectivity index (χ1n) is 15.4. The molecule has 0 spiro atoms. The van der Waals surface area contributed by atoms with Crippen LogP contribution < -0.4 is 0 Å². The van der Waals surface area contributed by atoms with Crippen LogP contribution in [0.4, 0.5) is 0 Å². The Balaban J connectivity index is 1.66. The molecule has 0 amide bonds. The van der Waals surface area contributed by atoms with Gasteiger partial charge in [0, 0.05) is 27.5 Å². The van der Waals surface area contributed by atoms with Gasteiger partial charge in [-0.15, -0.1) is 0 Å². The van der Waals surface area contributed by atoms with Gasteiger partial charge >= 0.3 is 0 Å². The molecule has 0 unspecified atom stereocenters. The Morgan fingerprint density at radius 3 is 1.29 bits per heavy atom. The number of benzene rings is 7. The molecule has 45 heavy (non-hydrogen) atoms. The van der Waals surface area contributed by atoms with E-state index >= 15 is 0 Å². The molecular weight excluding hydrogens is 544 g/mol. The van der Waals surface area contributed by atoms with E-state index in [-0.39, 0.29) is 0 Å². The summed E-state index contributed by atoms with van der Waals surface area (Å²) in [7, 11) is 0. The first-order valence-corrected chi connectivity index (χ1v) is 15.4. The van der Waals surface area contributed by atoms with E-state index in [1.165, 1.54) is 32.8 Å². The summed E-state index contributed by atoms with van der Waals surface area (Å²) in [6.07, 6.45) is 0. The molecule has 2 heteroatoms. The fourth-order valence-electron chi connectivity index (χ4n) is 7.08. The van der Waals surface area contributed by atoms with E-state index in [0.717, 1.165) is 50.0 Å². The molecule has 0 bridgehead atoms. The van der Waals surface area contributed by atoms with Crippen LogP contribution in [0.1, 0.15) is 0 Å². The molecular formula is C43H28N2. The average molecular weight is 573 g/mol. The van der Waals surface area contributed by atoms with Crippen molar-refractivity contribution in [1.29, 1.82) is 0 Å². The zero-order valence-electron chi connectivity index (χ0n) is 24.6. The molecule has 9 rings (SSSR count). The number of fused-ring (bicyclic) bond motifs is 8. The van der Waals surface area contributed by atoms with Crippen molar-refractivity contribution in [2.75, 3.05) is 0 Å². The highest BCUT2D eigenvalue weighted by Gasteiger charge is 2.27. The lowest BCUT2D eigenvalue weighted by Crippen LogP contribution is -2.03. The van der Waals surface area contributed by atoms with Gasteiger partial charge in [0.05, 0.1) is 16.7 Å². The summed E-state index contributed by atoms with van der Waals surface area (Å²) in [6, 6.07) is 60.7. The van der Waals surface area contributed by atoms with Gasteiger partial charge in [0.15, 0.2) is 0 Å². The van der Waals surface area contributed by atoms with Crippen LogP contribution in [0.2, 0.25) is 0 Å². The van der Waals surface area contributed by atoms with E-state index in [1.807, 2.05) is 0 Å². The first-order chi connectivity index (χ1) is 22.4. The number of pyridine rings is 1. The summed E-state index contributed by atoms with van der Waals surface area (Å²) in [5.41, 5.74) is 12.4. The molecule has 0 aliphatic carbocycles. The molecule has 0 atom stereocenters. The van der Waals surface area contributed by atoms with Crippen molar-refractivity contribution in [2.24, 2.45) is 0 Å². The summed E-state index contributed by atoms with van der Waals surface area (Å²) in [6.45, 7) is 0. The normalized spacial score (nSPS) is 11.6. The Bertz CT molecular complexity index is 2500. The van der Waals surface area contributed by atoms with E-state index in [4.69, 9.17) is 4.98 Å². The minimum absolute atomic E-state index is 0.954. The average Bonchev–Trinajstić information content (AvgIpc) is 3.53. The predicted molar refractivity (Wildman–Crippen MR) is 189 cm³/mol. The second kappa shape index (κ2) is 10.3. The van der Waals surface area contributed by atoms with Crippen LogP contribution in [-0.4, -0.2) is 9.38 Å². The third-order valence-electron chi connectivity index (χ3n) is 8.95. The van der Waals surface area contributed by atoms with Crippen LogP contribution in [0.15, 0.2) is 170 Å². The standard InChI is InChI=1S/C43H28N2/c1-5-17-29(18-6-1)37-38(30-19-7-2-8-20-30)41(32-23-11-4-12-24-32)45-42-36-28-16-14-26-34(36)33-25-13-15-27-35(33)40(42)44-43(45)39(37)31-21-9-3-10-22-31/h1-28H. The Morgan fingerprint density at radius 2 is 0.733 bits per heavy atom. The fourth-order valence-corrected chi connectivity index (χ4v) is 7.08. The van der Waals surface area contributed by atoms with Crippen molar-refractivity contribution in [2.45, 2.75) is 0 Å². The highest BCUT2D eigenvalue weighted by atomic mass is 15.0. The third kappa shape index (κ3) is 3.93. The van der Waals surface area contributed by atoms with Crippen LogP contribution in [0.3, 0.4) is 0 Å². The van der Waals surface area contributed by atoms with Gasteiger partial charge in [-0.1, -0.05) is 170 Å². The number of nitrogens with zero attached hydrogens (tertiary/aromatic N) is 2. The summed E-state index contributed by atoms with van der Waals surface area (Å²) in [5.74, 6) is 0.